The molecule has 0 bridgehead atoms. The van der Waals surface area contributed by atoms with Crippen molar-refractivity contribution in [1.29, 1.82) is 0 Å². The lowest BCUT2D eigenvalue weighted by molar-refractivity contribution is 0.0500. The third-order valence-electron chi connectivity index (χ3n) is 4.29. The quantitative estimate of drug-likeness (QED) is 0.824. The van der Waals surface area contributed by atoms with Gasteiger partial charge in [0, 0.05) is 28.7 Å². The molecule has 5 heteroatoms. The average molecular weight is 319 g/mol. The third kappa shape index (κ3) is 2.88. The van der Waals surface area contributed by atoms with E-state index in [0.717, 1.165) is 18.4 Å². The van der Waals surface area contributed by atoms with Gasteiger partial charge in [-0.1, -0.05) is 16.8 Å². The van der Waals surface area contributed by atoms with Crippen LogP contribution in [-0.2, 0) is 0 Å². The van der Waals surface area contributed by atoms with Gasteiger partial charge in [-0.2, -0.15) is 0 Å². The monoisotopic (exact) mass is 318 g/mol. The van der Waals surface area contributed by atoms with Crippen molar-refractivity contribution in [2.24, 2.45) is 0 Å². The van der Waals surface area contributed by atoms with Crippen LogP contribution >= 0.6 is 11.6 Å². The van der Waals surface area contributed by atoms with Crippen molar-refractivity contribution in [2.75, 3.05) is 0 Å². The number of amides is 1. The molecule has 0 saturated carbocycles. The van der Waals surface area contributed by atoms with Crippen molar-refractivity contribution < 1.29 is 9.32 Å². The second-order valence-corrected chi connectivity index (χ2v) is 6.36. The zero-order valence-electron chi connectivity index (χ0n) is 12.8. The van der Waals surface area contributed by atoms with Gasteiger partial charge in [0.1, 0.15) is 0 Å². The van der Waals surface area contributed by atoms with E-state index in [4.69, 9.17) is 16.1 Å². The molecule has 3 rings (SSSR count). The lowest BCUT2D eigenvalue weighted by atomic mass is 9.97. The number of aromatic nitrogens is 1. The lowest BCUT2D eigenvalue weighted by Crippen LogP contribution is -2.47. The van der Waals surface area contributed by atoms with Gasteiger partial charge < -0.3 is 9.42 Å². The smallest absolute Gasteiger partial charge is 0.276 e. The van der Waals surface area contributed by atoms with E-state index >= 15 is 0 Å². The summed E-state index contributed by atoms with van der Waals surface area (Å²) in [4.78, 5) is 14.6. The molecule has 1 aliphatic rings. The SMILES string of the molecule is C[C@@H]1CCC[C@H](C)N1C(=O)c1cc(-c2ccc(Cl)cc2)on1. The normalized spacial score (nSPS) is 21.9. The van der Waals surface area contributed by atoms with Crippen LogP contribution in [0, 0.1) is 0 Å². The van der Waals surface area contributed by atoms with Gasteiger partial charge in [-0.3, -0.25) is 4.79 Å². The first-order chi connectivity index (χ1) is 10.6. The summed E-state index contributed by atoms with van der Waals surface area (Å²) in [6.07, 6.45) is 3.25. The molecule has 1 aliphatic heterocycles. The predicted molar refractivity (Wildman–Crippen MR) is 85.9 cm³/mol. The van der Waals surface area contributed by atoms with E-state index in [0.29, 0.717) is 16.5 Å². The minimum Gasteiger partial charge on any atom is -0.355 e. The number of carbonyl (C=O) groups excluding carboxylic acids is 1. The van der Waals surface area contributed by atoms with E-state index in [9.17, 15) is 4.79 Å². The fourth-order valence-electron chi connectivity index (χ4n) is 3.08. The summed E-state index contributed by atoms with van der Waals surface area (Å²) in [6.45, 7) is 4.18. The molecule has 1 saturated heterocycles. The molecule has 0 radical (unpaired) electrons. The van der Waals surface area contributed by atoms with Gasteiger partial charge in [-0.05, 0) is 57.4 Å². The molecule has 2 atom stereocenters. The number of hydrogen-bond donors (Lipinski definition) is 0. The fourth-order valence-corrected chi connectivity index (χ4v) is 3.21. The fraction of sp³-hybridized carbons (Fsp3) is 0.412. The number of piperidine rings is 1. The van der Waals surface area contributed by atoms with Crippen molar-refractivity contribution in [3.05, 3.63) is 41.0 Å². The van der Waals surface area contributed by atoms with Crippen molar-refractivity contribution in [3.8, 4) is 11.3 Å². The summed E-state index contributed by atoms with van der Waals surface area (Å²) in [5.41, 5.74) is 1.22. The molecule has 0 aliphatic carbocycles. The largest absolute Gasteiger partial charge is 0.355 e. The molecule has 22 heavy (non-hydrogen) atoms. The van der Waals surface area contributed by atoms with Gasteiger partial charge in [-0.25, -0.2) is 0 Å². The van der Waals surface area contributed by atoms with Crippen LogP contribution in [0.15, 0.2) is 34.9 Å². The van der Waals surface area contributed by atoms with Crippen molar-refractivity contribution in [2.45, 2.75) is 45.2 Å². The van der Waals surface area contributed by atoms with Gasteiger partial charge in [0.25, 0.3) is 5.91 Å². The highest BCUT2D eigenvalue weighted by molar-refractivity contribution is 6.30. The molecule has 0 spiro atoms. The maximum absolute atomic E-state index is 12.7. The van der Waals surface area contributed by atoms with E-state index < -0.39 is 0 Å². The first-order valence-electron chi connectivity index (χ1n) is 7.61. The van der Waals surface area contributed by atoms with Crippen molar-refractivity contribution >= 4 is 17.5 Å². The summed E-state index contributed by atoms with van der Waals surface area (Å²) in [7, 11) is 0. The standard InChI is InChI=1S/C17H19ClN2O2/c1-11-4-3-5-12(2)20(11)17(21)15-10-16(22-19-15)13-6-8-14(18)9-7-13/h6-12H,3-5H2,1-2H3/t11-,12+. The second kappa shape index (κ2) is 6.13. The summed E-state index contributed by atoms with van der Waals surface area (Å²) in [5.74, 6) is 0.529. The summed E-state index contributed by atoms with van der Waals surface area (Å²) in [6, 6.07) is 9.47. The van der Waals surface area contributed by atoms with Crippen LogP contribution in [0.3, 0.4) is 0 Å². The number of carbonyl (C=O) groups is 1. The minimum absolute atomic E-state index is 0.0522. The van der Waals surface area contributed by atoms with Gasteiger partial charge in [0.15, 0.2) is 11.5 Å². The number of halogens is 1. The second-order valence-electron chi connectivity index (χ2n) is 5.92. The highest BCUT2D eigenvalue weighted by Gasteiger charge is 2.31. The maximum atomic E-state index is 12.7. The lowest BCUT2D eigenvalue weighted by Gasteiger charge is -2.38. The minimum atomic E-state index is -0.0522. The molecule has 1 fully saturated rings. The van der Waals surface area contributed by atoms with Gasteiger partial charge in [0.05, 0.1) is 0 Å². The molecular formula is C17H19ClN2O2. The van der Waals surface area contributed by atoms with E-state index in [1.165, 1.54) is 6.42 Å². The number of rotatable bonds is 2. The molecular weight excluding hydrogens is 300 g/mol. The maximum Gasteiger partial charge on any atom is 0.276 e. The molecule has 2 aromatic rings. The Hall–Kier alpha value is -1.81. The molecule has 4 nitrogen and oxygen atoms in total. The average Bonchev–Trinajstić information content (AvgIpc) is 2.97. The topological polar surface area (TPSA) is 46.3 Å². The van der Waals surface area contributed by atoms with Crippen molar-refractivity contribution in [1.82, 2.24) is 10.1 Å². The Morgan fingerprint density at radius 3 is 2.50 bits per heavy atom. The van der Waals surface area contributed by atoms with Crippen LogP contribution in [0.25, 0.3) is 11.3 Å². The Morgan fingerprint density at radius 2 is 1.86 bits per heavy atom. The number of benzene rings is 1. The third-order valence-corrected chi connectivity index (χ3v) is 4.54. The highest BCUT2D eigenvalue weighted by Crippen LogP contribution is 2.27. The Bertz CT molecular complexity index is 656. The molecule has 1 aromatic heterocycles. The highest BCUT2D eigenvalue weighted by atomic mass is 35.5. The van der Waals surface area contributed by atoms with Crippen LogP contribution in [0.2, 0.25) is 5.02 Å². The first kappa shape index (κ1) is 15.1. The zero-order chi connectivity index (χ0) is 15.7. The van der Waals surface area contributed by atoms with Crippen LogP contribution in [0.4, 0.5) is 0 Å². The summed E-state index contributed by atoms with van der Waals surface area (Å²) in [5, 5.41) is 4.62. The first-order valence-corrected chi connectivity index (χ1v) is 7.99. The van der Waals surface area contributed by atoms with Crippen LogP contribution in [-0.4, -0.2) is 28.0 Å². The molecule has 1 aromatic carbocycles. The number of hydrogen-bond acceptors (Lipinski definition) is 3. The van der Waals surface area contributed by atoms with Crippen LogP contribution < -0.4 is 0 Å². The molecule has 2 heterocycles. The Morgan fingerprint density at radius 1 is 1.23 bits per heavy atom. The van der Waals surface area contributed by atoms with Crippen molar-refractivity contribution in [3.63, 3.8) is 0 Å². The predicted octanol–water partition coefficient (Wildman–Crippen LogP) is 4.40. The molecule has 0 unspecified atom stereocenters. The Kier molecular flexibility index (Phi) is 4.21. The van der Waals surface area contributed by atoms with E-state index in [1.807, 2.05) is 17.0 Å². The van der Waals surface area contributed by atoms with E-state index in [2.05, 4.69) is 19.0 Å². The van der Waals surface area contributed by atoms with Gasteiger partial charge >= 0.3 is 0 Å². The van der Waals surface area contributed by atoms with Crippen LogP contribution in [0.5, 0.6) is 0 Å². The molecule has 0 N–H and O–H groups in total. The summed E-state index contributed by atoms with van der Waals surface area (Å²) < 4.78 is 5.33. The summed E-state index contributed by atoms with van der Waals surface area (Å²) >= 11 is 5.88. The zero-order valence-corrected chi connectivity index (χ0v) is 13.5. The molecule has 1 amide bonds. The van der Waals surface area contributed by atoms with Gasteiger partial charge in [-0.15, -0.1) is 0 Å². The van der Waals surface area contributed by atoms with E-state index in [1.54, 1.807) is 18.2 Å². The number of nitrogens with zero attached hydrogens (tertiary/aromatic N) is 2. The number of likely N-dealkylation sites (tertiary alicyclic amines) is 1. The Balaban J connectivity index is 1.83. The molecule has 116 valence electrons. The Labute approximate surface area is 135 Å². The van der Waals surface area contributed by atoms with Gasteiger partial charge in [0.2, 0.25) is 0 Å². The van der Waals surface area contributed by atoms with Crippen LogP contribution in [0.1, 0.15) is 43.6 Å². The van der Waals surface area contributed by atoms with E-state index in [-0.39, 0.29) is 18.0 Å².